The molecule has 3 nitrogen and oxygen atoms in total. The Kier molecular flexibility index (Phi) is 2.94. The van der Waals surface area contributed by atoms with Crippen molar-refractivity contribution in [3.8, 4) is 0 Å². The molecule has 0 radical (unpaired) electrons. The third kappa shape index (κ3) is 2.43. The van der Waals surface area contributed by atoms with Crippen molar-refractivity contribution in [3.63, 3.8) is 0 Å². The van der Waals surface area contributed by atoms with Crippen LogP contribution in [0.5, 0.6) is 0 Å². The Morgan fingerprint density at radius 1 is 1.67 bits per heavy atom. The van der Waals surface area contributed by atoms with Gasteiger partial charge in [-0.2, -0.15) is 0 Å². The minimum atomic E-state index is 0.572. The zero-order chi connectivity index (χ0) is 8.97. The van der Waals surface area contributed by atoms with Gasteiger partial charge >= 0.3 is 0 Å². The van der Waals surface area contributed by atoms with Gasteiger partial charge in [-0.05, 0) is 26.0 Å². The summed E-state index contributed by atoms with van der Waals surface area (Å²) in [6, 6.07) is 1.87. The molecule has 0 saturated carbocycles. The third-order valence-electron chi connectivity index (χ3n) is 1.51. The number of hydrogen-bond acceptors (Lipinski definition) is 3. The molecule has 0 aliphatic heterocycles. The van der Waals surface area contributed by atoms with Crippen molar-refractivity contribution < 1.29 is 0 Å². The minimum Gasteiger partial charge on any atom is -0.327 e. The summed E-state index contributed by atoms with van der Waals surface area (Å²) in [7, 11) is 0. The zero-order valence-electron chi connectivity index (χ0n) is 7.41. The van der Waals surface area contributed by atoms with Crippen LogP contribution in [0.3, 0.4) is 0 Å². The van der Waals surface area contributed by atoms with Crippen LogP contribution in [0.2, 0.25) is 0 Å². The monoisotopic (exact) mass is 163 g/mol. The molecule has 12 heavy (non-hydrogen) atoms. The van der Waals surface area contributed by atoms with Gasteiger partial charge in [0.05, 0.1) is 5.69 Å². The van der Waals surface area contributed by atoms with E-state index in [1.165, 1.54) is 0 Å². The van der Waals surface area contributed by atoms with Crippen molar-refractivity contribution in [2.75, 3.05) is 6.54 Å². The van der Waals surface area contributed by atoms with Gasteiger partial charge in [0, 0.05) is 12.7 Å². The first-order valence-corrected chi connectivity index (χ1v) is 3.89. The molecule has 0 aliphatic carbocycles. The lowest BCUT2D eigenvalue weighted by Gasteiger charge is -1.96. The Morgan fingerprint density at radius 2 is 2.42 bits per heavy atom. The topological polar surface area (TPSA) is 51.8 Å². The first-order chi connectivity index (χ1) is 5.72. The van der Waals surface area contributed by atoms with E-state index in [0.717, 1.165) is 17.1 Å². The SMILES string of the molecule is C/C(=C/c1ccnc(C)n1)CN. The van der Waals surface area contributed by atoms with Crippen LogP contribution in [0.15, 0.2) is 17.8 Å². The molecule has 0 aromatic carbocycles. The fraction of sp³-hybridized carbons (Fsp3) is 0.333. The summed E-state index contributed by atoms with van der Waals surface area (Å²) < 4.78 is 0. The van der Waals surface area contributed by atoms with E-state index in [-0.39, 0.29) is 0 Å². The van der Waals surface area contributed by atoms with E-state index < -0.39 is 0 Å². The van der Waals surface area contributed by atoms with Crippen LogP contribution < -0.4 is 5.73 Å². The second-order valence-electron chi connectivity index (χ2n) is 2.72. The van der Waals surface area contributed by atoms with Crippen molar-refractivity contribution in [2.24, 2.45) is 5.73 Å². The van der Waals surface area contributed by atoms with Crippen molar-refractivity contribution in [1.82, 2.24) is 9.97 Å². The molecule has 1 rings (SSSR count). The fourth-order valence-electron chi connectivity index (χ4n) is 0.866. The fourth-order valence-corrected chi connectivity index (χ4v) is 0.866. The van der Waals surface area contributed by atoms with Gasteiger partial charge in [0.15, 0.2) is 0 Å². The summed E-state index contributed by atoms with van der Waals surface area (Å²) in [6.45, 7) is 4.43. The molecule has 0 unspecified atom stereocenters. The van der Waals surface area contributed by atoms with Gasteiger partial charge in [-0.15, -0.1) is 0 Å². The van der Waals surface area contributed by atoms with E-state index in [9.17, 15) is 0 Å². The summed E-state index contributed by atoms with van der Waals surface area (Å²) in [5.74, 6) is 0.786. The highest BCUT2D eigenvalue weighted by atomic mass is 14.9. The maximum absolute atomic E-state index is 5.45. The molecule has 0 amide bonds. The summed E-state index contributed by atoms with van der Waals surface area (Å²) in [4.78, 5) is 8.22. The van der Waals surface area contributed by atoms with Crippen molar-refractivity contribution >= 4 is 6.08 Å². The van der Waals surface area contributed by atoms with E-state index in [1.807, 2.05) is 26.0 Å². The summed E-state index contributed by atoms with van der Waals surface area (Å²) >= 11 is 0. The Hall–Kier alpha value is -1.22. The second kappa shape index (κ2) is 3.97. The molecule has 0 spiro atoms. The Bertz CT molecular complexity index is 292. The molecule has 0 saturated heterocycles. The Labute approximate surface area is 72.3 Å². The molecular weight excluding hydrogens is 150 g/mol. The first kappa shape index (κ1) is 8.87. The molecule has 1 aromatic heterocycles. The standard InChI is InChI=1S/C9H13N3/c1-7(6-10)5-9-3-4-11-8(2)12-9/h3-5H,6,10H2,1-2H3/b7-5-. The molecule has 0 fully saturated rings. The summed E-state index contributed by atoms with van der Waals surface area (Å²) in [5, 5.41) is 0. The quantitative estimate of drug-likeness (QED) is 0.711. The van der Waals surface area contributed by atoms with Crippen LogP contribution in [0.4, 0.5) is 0 Å². The van der Waals surface area contributed by atoms with E-state index in [0.29, 0.717) is 6.54 Å². The molecule has 3 heteroatoms. The van der Waals surface area contributed by atoms with Crippen LogP contribution >= 0.6 is 0 Å². The van der Waals surface area contributed by atoms with Crippen molar-refractivity contribution in [3.05, 3.63) is 29.4 Å². The number of aromatic nitrogens is 2. The molecule has 1 heterocycles. The molecular formula is C9H13N3. The molecule has 2 N–H and O–H groups in total. The average Bonchev–Trinajstić information content (AvgIpc) is 2.04. The number of nitrogens with zero attached hydrogens (tertiary/aromatic N) is 2. The second-order valence-corrected chi connectivity index (χ2v) is 2.72. The number of nitrogens with two attached hydrogens (primary N) is 1. The summed E-state index contributed by atoms with van der Waals surface area (Å²) in [5.41, 5.74) is 7.49. The molecule has 0 atom stereocenters. The Morgan fingerprint density at radius 3 is 3.00 bits per heavy atom. The lowest BCUT2D eigenvalue weighted by atomic mass is 10.2. The minimum absolute atomic E-state index is 0.572. The van der Waals surface area contributed by atoms with Gasteiger partial charge < -0.3 is 5.73 Å². The van der Waals surface area contributed by atoms with E-state index >= 15 is 0 Å². The molecule has 0 bridgehead atoms. The van der Waals surface area contributed by atoms with Gasteiger partial charge in [-0.3, -0.25) is 0 Å². The average molecular weight is 163 g/mol. The molecule has 1 aromatic rings. The molecule has 0 aliphatic rings. The largest absolute Gasteiger partial charge is 0.327 e. The van der Waals surface area contributed by atoms with Crippen LogP contribution in [-0.4, -0.2) is 16.5 Å². The predicted octanol–water partition coefficient (Wildman–Crippen LogP) is 1.15. The van der Waals surface area contributed by atoms with Crippen molar-refractivity contribution in [2.45, 2.75) is 13.8 Å². The lowest BCUT2D eigenvalue weighted by Crippen LogP contribution is -2.00. The zero-order valence-corrected chi connectivity index (χ0v) is 7.41. The number of aryl methyl sites for hydroxylation is 1. The van der Waals surface area contributed by atoms with E-state index in [1.54, 1.807) is 6.20 Å². The highest BCUT2D eigenvalue weighted by Crippen LogP contribution is 2.01. The lowest BCUT2D eigenvalue weighted by molar-refractivity contribution is 1.04. The predicted molar refractivity (Wildman–Crippen MR) is 49.5 cm³/mol. The highest BCUT2D eigenvalue weighted by Gasteiger charge is 1.91. The first-order valence-electron chi connectivity index (χ1n) is 3.89. The van der Waals surface area contributed by atoms with Crippen LogP contribution in [0.1, 0.15) is 18.4 Å². The Balaban J connectivity index is 2.89. The number of hydrogen-bond donors (Lipinski definition) is 1. The van der Waals surface area contributed by atoms with Crippen LogP contribution in [-0.2, 0) is 0 Å². The smallest absolute Gasteiger partial charge is 0.125 e. The van der Waals surface area contributed by atoms with Gasteiger partial charge in [0.1, 0.15) is 5.82 Å². The maximum Gasteiger partial charge on any atom is 0.125 e. The normalized spacial score (nSPS) is 11.8. The van der Waals surface area contributed by atoms with Crippen molar-refractivity contribution in [1.29, 1.82) is 0 Å². The highest BCUT2D eigenvalue weighted by molar-refractivity contribution is 5.47. The third-order valence-corrected chi connectivity index (χ3v) is 1.51. The van der Waals surface area contributed by atoms with Gasteiger partial charge in [-0.25, -0.2) is 9.97 Å². The van der Waals surface area contributed by atoms with E-state index in [4.69, 9.17) is 5.73 Å². The molecule has 64 valence electrons. The van der Waals surface area contributed by atoms with E-state index in [2.05, 4.69) is 9.97 Å². The van der Waals surface area contributed by atoms with Crippen LogP contribution in [0, 0.1) is 6.92 Å². The summed E-state index contributed by atoms with van der Waals surface area (Å²) in [6.07, 6.45) is 3.71. The number of rotatable bonds is 2. The maximum atomic E-state index is 5.45. The van der Waals surface area contributed by atoms with Gasteiger partial charge in [-0.1, -0.05) is 5.57 Å². The van der Waals surface area contributed by atoms with Gasteiger partial charge in [0.25, 0.3) is 0 Å². The van der Waals surface area contributed by atoms with Crippen LogP contribution in [0.25, 0.3) is 6.08 Å². The van der Waals surface area contributed by atoms with Gasteiger partial charge in [0.2, 0.25) is 0 Å².